The summed E-state index contributed by atoms with van der Waals surface area (Å²) < 4.78 is 39.6. The number of aromatic nitrogens is 4. The van der Waals surface area contributed by atoms with Gasteiger partial charge in [0, 0.05) is 5.39 Å². The molecular formula is C22H17F3N6O2. The molecule has 0 spiro atoms. The molecule has 11 heteroatoms. The van der Waals surface area contributed by atoms with Gasteiger partial charge in [0.15, 0.2) is 5.82 Å². The summed E-state index contributed by atoms with van der Waals surface area (Å²) in [5.74, 6) is -1.16. The zero-order valence-corrected chi connectivity index (χ0v) is 17.2. The Bertz CT molecular complexity index is 1360. The van der Waals surface area contributed by atoms with E-state index < -0.39 is 23.6 Å². The highest BCUT2D eigenvalue weighted by Gasteiger charge is 2.30. The molecule has 2 amide bonds. The molecule has 3 N–H and O–H groups in total. The Labute approximate surface area is 185 Å². The minimum atomic E-state index is -4.41. The molecule has 2 aromatic carbocycles. The number of halogens is 3. The average Bonchev–Trinajstić information content (AvgIpc) is 3.11. The van der Waals surface area contributed by atoms with Crippen molar-refractivity contribution in [2.45, 2.75) is 19.6 Å². The van der Waals surface area contributed by atoms with Crippen LogP contribution in [0.15, 0.2) is 54.6 Å². The number of carbonyl (C=O) groups is 2. The van der Waals surface area contributed by atoms with Gasteiger partial charge < -0.3 is 11.1 Å². The number of anilines is 1. The molecule has 4 aromatic rings. The van der Waals surface area contributed by atoms with Crippen molar-refractivity contribution in [3.8, 4) is 0 Å². The molecule has 168 valence electrons. The molecule has 8 nitrogen and oxygen atoms in total. The van der Waals surface area contributed by atoms with E-state index in [2.05, 4.69) is 20.6 Å². The van der Waals surface area contributed by atoms with Crippen molar-refractivity contribution in [2.75, 3.05) is 5.32 Å². The summed E-state index contributed by atoms with van der Waals surface area (Å²) in [5.41, 5.74) is 6.34. The third-order valence-electron chi connectivity index (χ3n) is 5.04. The highest BCUT2D eigenvalue weighted by molar-refractivity contribution is 6.10. The van der Waals surface area contributed by atoms with E-state index in [0.29, 0.717) is 22.2 Å². The Morgan fingerprint density at radius 1 is 1.09 bits per heavy atom. The Morgan fingerprint density at radius 2 is 1.79 bits per heavy atom. The zero-order chi connectivity index (χ0) is 23.8. The number of nitrogens with one attached hydrogen (secondary N) is 1. The number of rotatable bonds is 5. The van der Waals surface area contributed by atoms with Crippen LogP contribution >= 0.6 is 0 Å². The first kappa shape index (κ1) is 21.9. The van der Waals surface area contributed by atoms with E-state index in [1.54, 1.807) is 31.2 Å². The molecule has 0 saturated carbocycles. The normalized spacial score (nSPS) is 11.5. The van der Waals surface area contributed by atoms with Crippen LogP contribution in [0.25, 0.3) is 10.9 Å². The lowest BCUT2D eigenvalue weighted by atomic mass is 10.1. The number of carbonyl (C=O) groups excluding carboxylic acids is 2. The van der Waals surface area contributed by atoms with Crippen molar-refractivity contribution >= 4 is 28.5 Å². The molecule has 0 fully saturated rings. The smallest absolute Gasteiger partial charge is 0.366 e. The van der Waals surface area contributed by atoms with Gasteiger partial charge >= 0.3 is 6.18 Å². The summed E-state index contributed by atoms with van der Waals surface area (Å²) in [5, 5.41) is 11.0. The molecule has 0 aliphatic carbocycles. The molecule has 33 heavy (non-hydrogen) atoms. The van der Waals surface area contributed by atoms with Crippen molar-refractivity contribution in [2.24, 2.45) is 5.73 Å². The second-order valence-corrected chi connectivity index (χ2v) is 7.27. The molecular weight excluding hydrogens is 437 g/mol. The number of hydrogen-bond donors (Lipinski definition) is 2. The minimum Gasteiger partial charge on any atom is -0.366 e. The summed E-state index contributed by atoms with van der Waals surface area (Å²) in [6.07, 6.45) is -4.41. The minimum absolute atomic E-state index is 0.0285. The molecule has 4 rings (SSSR count). The monoisotopic (exact) mass is 454 g/mol. The molecule has 2 heterocycles. The number of pyridine rings is 1. The van der Waals surface area contributed by atoms with Crippen LogP contribution in [0, 0.1) is 6.92 Å². The van der Waals surface area contributed by atoms with Crippen LogP contribution in [-0.4, -0.2) is 31.8 Å². The van der Waals surface area contributed by atoms with Gasteiger partial charge in [-0.15, -0.1) is 5.10 Å². The van der Waals surface area contributed by atoms with E-state index in [1.165, 1.54) is 22.9 Å². The quantitative estimate of drug-likeness (QED) is 0.479. The largest absolute Gasteiger partial charge is 0.416 e. The maximum atomic E-state index is 12.8. The first-order valence-electron chi connectivity index (χ1n) is 9.70. The molecule has 0 saturated heterocycles. The predicted molar refractivity (Wildman–Crippen MR) is 114 cm³/mol. The van der Waals surface area contributed by atoms with E-state index >= 15 is 0 Å². The molecule has 0 unspecified atom stereocenters. The lowest BCUT2D eigenvalue weighted by Gasteiger charge is -2.09. The van der Waals surface area contributed by atoms with Crippen LogP contribution in [0.4, 0.5) is 19.0 Å². The lowest BCUT2D eigenvalue weighted by molar-refractivity contribution is -0.137. The van der Waals surface area contributed by atoms with E-state index in [0.717, 1.165) is 12.1 Å². The fourth-order valence-electron chi connectivity index (χ4n) is 3.27. The van der Waals surface area contributed by atoms with Crippen molar-refractivity contribution in [1.82, 2.24) is 20.0 Å². The Hall–Kier alpha value is -4.28. The second-order valence-electron chi connectivity index (χ2n) is 7.27. The first-order valence-corrected chi connectivity index (χ1v) is 9.70. The molecule has 0 bridgehead atoms. The van der Waals surface area contributed by atoms with Crippen LogP contribution in [-0.2, 0) is 12.7 Å². The van der Waals surface area contributed by atoms with Gasteiger partial charge in [-0.1, -0.05) is 35.5 Å². The fourth-order valence-corrected chi connectivity index (χ4v) is 3.27. The predicted octanol–water partition coefficient (Wildman–Crippen LogP) is 3.55. The van der Waals surface area contributed by atoms with Gasteiger partial charge in [-0.2, -0.15) is 13.2 Å². The van der Waals surface area contributed by atoms with Gasteiger partial charge in [-0.25, -0.2) is 9.67 Å². The van der Waals surface area contributed by atoms with Crippen LogP contribution in [0.1, 0.15) is 37.7 Å². The summed E-state index contributed by atoms with van der Waals surface area (Å²) in [6.45, 7) is 1.81. The summed E-state index contributed by atoms with van der Waals surface area (Å²) in [6, 6.07) is 12.8. The Kier molecular flexibility index (Phi) is 5.54. The highest BCUT2D eigenvalue weighted by Crippen LogP contribution is 2.29. The topological polar surface area (TPSA) is 116 Å². The Morgan fingerprint density at radius 3 is 2.45 bits per heavy atom. The molecule has 0 radical (unpaired) electrons. The van der Waals surface area contributed by atoms with Crippen LogP contribution < -0.4 is 11.1 Å². The van der Waals surface area contributed by atoms with Crippen molar-refractivity contribution in [3.63, 3.8) is 0 Å². The van der Waals surface area contributed by atoms with E-state index in [9.17, 15) is 22.8 Å². The summed E-state index contributed by atoms with van der Waals surface area (Å²) >= 11 is 0. The average molecular weight is 454 g/mol. The Balaban J connectivity index is 1.55. The number of para-hydroxylation sites is 1. The number of nitrogens with two attached hydrogens (primary N) is 1. The number of alkyl halides is 3. The number of benzene rings is 2. The van der Waals surface area contributed by atoms with Gasteiger partial charge in [0.2, 0.25) is 5.91 Å². The van der Waals surface area contributed by atoms with Crippen molar-refractivity contribution < 1.29 is 22.8 Å². The van der Waals surface area contributed by atoms with E-state index in [4.69, 9.17) is 5.73 Å². The zero-order valence-electron chi connectivity index (χ0n) is 17.2. The second kappa shape index (κ2) is 8.34. The van der Waals surface area contributed by atoms with Gasteiger partial charge in [0.05, 0.1) is 28.9 Å². The van der Waals surface area contributed by atoms with E-state index in [-0.39, 0.29) is 23.6 Å². The number of fused-ring (bicyclic) bond motifs is 1. The van der Waals surface area contributed by atoms with E-state index in [1.807, 2.05) is 0 Å². The summed E-state index contributed by atoms with van der Waals surface area (Å²) in [7, 11) is 0. The molecule has 0 aliphatic heterocycles. The van der Waals surface area contributed by atoms with Crippen LogP contribution in [0.5, 0.6) is 0 Å². The van der Waals surface area contributed by atoms with Crippen LogP contribution in [0.2, 0.25) is 0 Å². The molecule has 2 aromatic heterocycles. The number of primary amides is 1. The summed E-state index contributed by atoms with van der Waals surface area (Å²) in [4.78, 5) is 28.9. The van der Waals surface area contributed by atoms with Gasteiger partial charge in [0.25, 0.3) is 5.91 Å². The maximum Gasteiger partial charge on any atom is 0.416 e. The van der Waals surface area contributed by atoms with Crippen LogP contribution in [0.3, 0.4) is 0 Å². The van der Waals surface area contributed by atoms with Crippen molar-refractivity contribution in [3.05, 3.63) is 82.7 Å². The third-order valence-corrected chi connectivity index (χ3v) is 5.04. The lowest BCUT2D eigenvalue weighted by Crippen LogP contribution is -2.18. The van der Waals surface area contributed by atoms with Gasteiger partial charge in [-0.3, -0.25) is 9.59 Å². The maximum absolute atomic E-state index is 12.8. The number of hydrogen-bond acceptors (Lipinski definition) is 5. The van der Waals surface area contributed by atoms with Gasteiger partial charge in [0.1, 0.15) is 5.69 Å². The number of nitrogens with zero attached hydrogens (tertiary/aromatic N) is 4. The molecule has 0 atom stereocenters. The highest BCUT2D eigenvalue weighted by atomic mass is 19.4. The first-order chi connectivity index (χ1) is 15.6. The third kappa shape index (κ3) is 4.52. The van der Waals surface area contributed by atoms with Crippen molar-refractivity contribution in [1.29, 1.82) is 0 Å². The SMILES string of the molecule is Cc1c(NC(=O)c2cc(C(N)=O)c3ccccc3n2)nnn1Cc1ccc(C(F)(F)F)cc1. The number of amides is 2. The molecule has 0 aliphatic rings. The van der Waals surface area contributed by atoms with Gasteiger partial charge in [-0.05, 0) is 36.8 Å². The fraction of sp³-hybridized carbons (Fsp3) is 0.136. The standard InChI is InChI=1S/C22H17F3N6O2/c1-12-20(29-30-31(12)11-13-6-8-14(9-7-13)22(23,24)25)28-21(33)18-10-16(19(26)32)15-4-2-3-5-17(15)27-18/h2-10H,11H2,1H3,(H2,26,32)(H,28,33).